The number of amides is 2. The summed E-state index contributed by atoms with van der Waals surface area (Å²) in [6, 6.07) is 14.6. The number of nitrogens with one attached hydrogen (secondary N) is 1. The van der Waals surface area contributed by atoms with Crippen molar-refractivity contribution >= 4 is 46.4 Å². The number of carbonyl (C=O) groups excluding carboxylic acids is 2. The molecule has 1 N–H and O–H groups in total. The summed E-state index contributed by atoms with van der Waals surface area (Å²) >= 11 is 12.0. The van der Waals surface area contributed by atoms with Crippen LogP contribution in [0.5, 0.6) is 0 Å². The minimum absolute atomic E-state index is 0.180. The summed E-state index contributed by atoms with van der Waals surface area (Å²) in [5.74, 6) is -0.541. The number of benzene rings is 2. The van der Waals surface area contributed by atoms with Crippen LogP contribution in [0.4, 0.5) is 11.4 Å². The van der Waals surface area contributed by atoms with Gasteiger partial charge in [-0.3, -0.25) is 9.59 Å². The van der Waals surface area contributed by atoms with Crippen LogP contribution in [-0.2, 0) is 9.59 Å². The second-order valence-corrected chi connectivity index (χ2v) is 6.90. The molecule has 3 rings (SSSR count). The molecular weight excluding hydrogens is 373 g/mol. The Kier molecular flexibility index (Phi) is 6.01. The Balaban J connectivity index is 1.50. The number of hydrogen-bond acceptors (Lipinski definition) is 3. The van der Waals surface area contributed by atoms with Gasteiger partial charge in [-0.25, -0.2) is 0 Å². The van der Waals surface area contributed by atoms with Crippen molar-refractivity contribution in [2.24, 2.45) is 0 Å². The number of para-hydroxylation sites is 1. The van der Waals surface area contributed by atoms with Gasteiger partial charge in [-0.05, 0) is 30.3 Å². The first-order valence-electron chi connectivity index (χ1n) is 8.35. The van der Waals surface area contributed by atoms with E-state index in [9.17, 15) is 9.59 Å². The first kappa shape index (κ1) is 18.5. The fourth-order valence-corrected chi connectivity index (χ4v) is 3.26. The molecule has 0 radical (unpaired) electrons. The molecule has 26 heavy (non-hydrogen) atoms. The van der Waals surface area contributed by atoms with Crippen LogP contribution in [0.2, 0.25) is 10.0 Å². The minimum Gasteiger partial charge on any atom is -0.368 e. The van der Waals surface area contributed by atoms with Gasteiger partial charge >= 0.3 is 0 Å². The number of rotatable bonds is 4. The highest BCUT2D eigenvalue weighted by atomic mass is 35.5. The lowest BCUT2D eigenvalue weighted by molar-refractivity contribution is -0.134. The number of nitrogens with zero attached hydrogens (tertiary/aromatic N) is 2. The summed E-state index contributed by atoms with van der Waals surface area (Å²) in [6.45, 7) is 2.56. The van der Waals surface area contributed by atoms with Crippen molar-refractivity contribution in [3.63, 3.8) is 0 Å². The lowest BCUT2D eigenvalue weighted by Gasteiger charge is -2.36. The van der Waals surface area contributed by atoms with Gasteiger partial charge in [0.15, 0.2) is 0 Å². The van der Waals surface area contributed by atoms with Crippen LogP contribution in [-0.4, -0.2) is 42.9 Å². The standard InChI is InChI=1S/C19H19Cl2N3O2/c20-14-4-3-5-15(12-14)23-8-10-24(11-9-23)19(26)13-18(25)22-17-7-2-1-6-16(17)21/h1-7,12H,8-11,13H2,(H,22,25). The molecule has 7 heteroatoms. The molecule has 0 atom stereocenters. The third-order valence-electron chi connectivity index (χ3n) is 4.27. The number of piperazine rings is 1. The molecule has 0 aromatic heterocycles. The monoisotopic (exact) mass is 391 g/mol. The Bertz CT molecular complexity index is 805. The van der Waals surface area contributed by atoms with Crippen molar-refractivity contribution in [2.45, 2.75) is 6.42 Å². The molecule has 0 spiro atoms. The van der Waals surface area contributed by atoms with Crippen LogP contribution < -0.4 is 10.2 Å². The largest absolute Gasteiger partial charge is 0.368 e. The normalized spacial score (nSPS) is 14.2. The molecule has 2 amide bonds. The van der Waals surface area contributed by atoms with Crippen LogP contribution in [0.3, 0.4) is 0 Å². The maximum atomic E-state index is 12.4. The molecule has 0 saturated carbocycles. The van der Waals surface area contributed by atoms with Crippen LogP contribution >= 0.6 is 23.2 Å². The summed E-state index contributed by atoms with van der Waals surface area (Å²) in [5.41, 5.74) is 1.55. The van der Waals surface area contributed by atoms with E-state index < -0.39 is 0 Å². The van der Waals surface area contributed by atoms with Gasteiger partial charge in [-0.2, -0.15) is 0 Å². The van der Waals surface area contributed by atoms with Gasteiger partial charge in [0, 0.05) is 36.9 Å². The van der Waals surface area contributed by atoms with Gasteiger partial charge in [0.25, 0.3) is 0 Å². The van der Waals surface area contributed by atoms with E-state index in [4.69, 9.17) is 23.2 Å². The van der Waals surface area contributed by atoms with E-state index >= 15 is 0 Å². The maximum absolute atomic E-state index is 12.4. The second kappa shape index (κ2) is 8.43. The highest BCUT2D eigenvalue weighted by molar-refractivity contribution is 6.33. The maximum Gasteiger partial charge on any atom is 0.233 e. The van der Waals surface area contributed by atoms with Crippen molar-refractivity contribution in [3.8, 4) is 0 Å². The molecule has 0 aliphatic carbocycles. The summed E-state index contributed by atoms with van der Waals surface area (Å²) in [4.78, 5) is 28.4. The molecule has 1 heterocycles. The van der Waals surface area contributed by atoms with E-state index in [1.165, 1.54) is 0 Å². The molecule has 1 saturated heterocycles. The predicted molar refractivity (Wildman–Crippen MR) is 105 cm³/mol. The lowest BCUT2D eigenvalue weighted by atomic mass is 10.2. The third-order valence-corrected chi connectivity index (χ3v) is 4.83. The molecule has 136 valence electrons. The number of anilines is 2. The first-order chi connectivity index (χ1) is 12.5. The lowest BCUT2D eigenvalue weighted by Crippen LogP contribution is -2.49. The van der Waals surface area contributed by atoms with Crippen LogP contribution in [0.1, 0.15) is 6.42 Å². The number of halogens is 2. The summed E-state index contributed by atoms with van der Waals surface area (Å²) in [6.07, 6.45) is -0.192. The molecule has 1 aliphatic rings. The number of carbonyl (C=O) groups is 2. The van der Waals surface area contributed by atoms with Crippen molar-refractivity contribution in [2.75, 3.05) is 36.4 Å². The zero-order valence-electron chi connectivity index (χ0n) is 14.1. The van der Waals surface area contributed by atoms with Crippen molar-refractivity contribution < 1.29 is 9.59 Å². The quantitative estimate of drug-likeness (QED) is 0.808. The van der Waals surface area contributed by atoms with E-state index in [2.05, 4.69) is 10.2 Å². The Morgan fingerprint density at radius 2 is 1.69 bits per heavy atom. The Morgan fingerprint density at radius 3 is 2.38 bits per heavy atom. The SMILES string of the molecule is O=C(CC(=O)N1CCN(c2cccc(Cl)c2)CC1)Nc1ccccc1Cl. The number of hydrogen-bond donors (Lipinski definition) is 1. The summed E-state index contributed by atoms with van der Waals surface area (Å²) in [5, 5.41) is 3.82. The molecule has 1 aliphatic heterocycles. The first-order valence-corrected chi connectivity index (χ1v) is 9.11. The molecule has 2 aromatic rings. The fourth-order valence-electron chi connectivity index (χ4n) is 2.89. The van der Waals surface area contributed by atoms with Gasteiger partial charge in [-0.1, -0.05) is 41.4 Å². The minimum atomic E-state index is -0.361. The molecule has 1 fully saturated rings. The van der Waals surface area contributed by atoms with Gasteiger partial charge in [0.1, 0.15) is 6.42 Å². The van der Waals surface area contributed by atoms with Crippen LogP contribution in [0.25, 0.3) is 0 Å². The summed E-state index contributed by atoms with van der Waals surface area (Å²) < 4.78 is 0. The Hall–Kier alpha value is -2.24. The van der Waals surface area contributed by atoms with Gasteiger partial charge in [-0.15, -0.1) is 0 Å². The van der Waals surface area contributed by atoms with E-state index in [1.807, 2.05) is 24.3 Å². The average molecular weight is 392 g/mol. The van der Waals surface area contributed by atoms with Gasteiger partial charge in [0.05, 0.1) is 10.7 Å². The zero-order valence-corrected chi connectivity index (χ0v) is 15.6. The molecule has 0 bridgehead atoms. The molecule has 5 nitrogen and oxygen atoms in total. The van der Waals surface area contributed by atoms with Gasteiger partial charge in [0.2, 0.25) is 11.8 Å². The molecule has 2 aromatic carbocycles. The average Bonchev–Trinajstić information content (AvgIpc) is 2.64. The zero-order chi connectivity index (χ0) is 18.5. The highest BCUT2D eigenvalue weighted by Crippen LogP contribution is 2.22. The van der Waals surface area contributed by atoms with E-state index in [0.29, 0.717) is 41.9 Å². The topological polar surface area (TPSA) is 52.7 Å². The van der Waals surface area contributed by atoms with Crippen molar-refractivity contribution in [1.82, 2.24) is 4.90 Å². The van der Waals surface area contributed by atoms with E-state index in [1.54, 1.807) is 29.2 Å². The third kappa shape index (κ3) is 4.68. The van der Waals surface area contributed by atoms with E-state index in [-0.39, 0.29) is 18.2 Å². The fraction of sp³-hybridized carbons (Fsp3) is 0.263. The highest BCUT2D eigenvalue weighted by Gasteiger charge is 2.23. The predicted octanol–water partition coefficient (Wildman–Crippen LogP) is 3.67. The van der Waals surface area contributed by atoms with Gasteiger partial charge < -0.3 is 15.1 Å². The van der Waals surface area contributed by atoms with Crippen LogP contribution in [0, 0.1) is 0 Å². The molecular formula is C19H19Cl2N3O2. The van der Waals surface area contributed by atoms with Crippen molar-refractivity contribution in [1.29, 1.82) is 0 Å². The van der Waals surface area contributed by atoms with E-state index in [0.717, 1.165) is 5.69 Å². The smallest absolute Gasteiger partial charge is 0.233 e. The van der Waals surface area contributed by atoms with Crippen molar-refractivity contribution in [3.05, 3.63) is 58.6 Å². The van der Waals surface area contributed by atoms with Crippen LogP contribution in [0.15, 0.2) is 48.5 Å². The Morgan fingerprint density at radius 1 is 0.962 bits per heavy atom. The second-order valence-electron chi connectivity index (χ2n) is 6.05. The summed E-state index contributed by atoms with van der Waals surface area (Å²) in [7, 11) is 0. The molecule has 0 unspecified atom stereocenters. The Labute approximate surface area is 162 Å².